The highest BCUT2D eigenvalue weighted by Gasteiger charge is 2.25. The second-order valence-corrected chi connectivity index (χ2v) is 7.09. The van der Waals surface area contributed by atoms with E-state index in [1.165, 1.54) is 36.1 Å². The summed E-state index contributed by atoms with van der Waals surface area (Å²) in [6.45, 7) is 5.00. The Morgan fingerprint density at radius 1 is 1.45 bits per heavy atom. The lowest BCUT2D eigenvalue weighted by molar-refractivity contribution is 0.0746. The summed E-state index contributed by atoms with van der Waals surface area (Å²) in [5, 5.41) is 3.50. The molecule has 1 amide bonds. The van der Waals surface area contributed by atoms with Crippen LogP contribution >= 0.6 is 11.3 Å². The van der Waals surface area contributed by atoms with Gasteiger partial charge in [0.15, 0.2) is 0 Å². The van der Waals surface area contributed by atoms with Crippen molar-refractivity contribution in [3.05, 3.63) is 21.4 Å². The summed E-state index contributed by atoms with van der Waals surface area (Å²) >= 11 is 1.73. The van der Waals surface area contributed by atoms with Gasteiger partial charge in [-0.3, -0.25) is 4.79 Å². The topological polar surface area (TPSA) is 32.3 Å². The highest BCUT2D eigenvalue weighted by atomic mass is 32.1. The van der Waals surface area contributed by atoms with E-state index in [2.05, 4.69) is 23.2 Å². The lowest BCUT2D eigenvalue weighted by atomic mass is 10.2. The Morgan fingerprint density at radius 3 is 3.05 bits per heavy atom. The second kappa shape index (κ2) is 6.27. The number of aryl methyl sites for hydroxylation is 2. The molecule has 1 aromatic rings. The van der Waals surface area contributed by atoms with Crippen molar-refractivity contribution in [3.63, 3.8) is 0 Å². The van der Waals surface area contributed by atoms with E-state index in [1.807, 2.05) is 0 Å². The summed E-state index contributed by atoms with van der Waals surface area (Å²) < 4.78 is 0. The first-order valence-electron chi connectivity index (χ1n) is 7.92. The summed E-state index contributed by atoms with van der Waals surface area (Å²) in [5.41, 5.74) is 1.42. The number of thiophene rings is 1. The maximum absolute atomic E-state index is 12.7. The van der Waals surface area contributed by atoms with Crippen LogP contribution in [-0.2, 0) is 12.8 Å². The highest BCUT2D eigenvalue weighted by Crippen LogP contribution is 2.31. The third kappa shape index (κ3) is 2.91. The summed E-state index contributed by atoms with van der Waals surface area (Å²) in [7, 11) is 0. The molecule has 1 fully saturated rings. The Hall–Kier alpha value is -0.870. The molecule has 4 heteroatoms. The minimum Gasteiger partial charge on any atom is -0.336 e. The first kappa shape index (κ1) is 14.1. The van der Waals surface area contributed by atoms with E-state index in [0.29, 0.717) is 6.04 Å². The van der Waals surface area contributed by atoms with Crippen molar-refractivity contribution in [3.8, 4) is 0 Å². The van der Waals surface area contributed by atoms with Gasteiger partial charge in [-0.1, -0.05) is 6.92 Å². The van der Waals surface area contributed by atoms with Crippen LogP contribution in [0.3, 0.4) is 0 Å². The zero-order valence-corrected chi connectivity index (χ0v) is 13.1. The van der Waals surface area contributed by atoms with Gasteiger partial charge in [0.2, 0.25) is 0 Å². The predicted octanol–water partition coefficient (Wildman–Crippen LogP) is 2.84. The van der Waals surface area contributed by atoms with Crippen LogP contribution in [0, 0.1) is 0 Å². The molecule has 0 saturated carbocycles. The number of carbonyl (C=O) groups is 1. The number of hydrogen-bond donors (Lipinski definition) is 1. The number of carbonyl (C=O) groups excluding carboxylic acids is 1. The molecule has 20 heavy (non-hydrogen) atoms. The first-order chi connectivity index (χ1) is 9.78. The van der Waals surface area contributed by atoms with Gasteiger partial charge in [0.05, 0.1) is 4.88 Å². The average Bonchev–Trinajstić information content (AvgIpc) is 3.13. The van der Waals surface area contributed by atoms with E-state index in [9.17, 15) is 4.79 Å². The molecule has 0 aromatic carbocycles. The van der Waals surface area contributed by atoms with Gasteiger partial charge in [-0.05, 0) is 56.7 Å². The number of amides is 1. The summed E-state index contributed by atoms with van der Waals surface area (Å²) in [6, 6.07) is 2.65. The Labute approximate surface area is 125 Å². The molecular weight excluding hydrogens is 268 g/mol. The zero-order valence-electron chi connectivity index (χ0n) is 12.3. The van der Waals surface area contributed by atoms with Gasteiger partial charge in [-0.2, -0.15) is 0 Å². The van der Waals surface area contributed by atoms with Gasteiger partial charge in [0.25, 0.3) is 5.91 Å². The van der Waals surface area contributed by atoms with Crippen LogP contribution in [0.25, 0.3) is 0 Å². The summed E-state index contributed by atoms with van der Waals surface area (Å²) in [5.74, 6) is 0.250. The van der Waals surface area contributed by atoms with E-state index in [-0.39, 0.29) is 5.91 Å². The van der Waals surface area contributed by atoms with Crippen LogP contribution in [0.15, 0.2) is 6.07 Å². The molecule has 0 radical (unpaired) electrons. The van der Waals surface area contributed by atoms with Crippen molar-refractivity contribution < 1.29 is 4.79 Å². The fourth-order valence-corrected chi connectivity index (χ4v) is 4.54. The number of nitrogens with one attached hydrogen (secondary N) is 1. The molecule has 1 aromatic heterocycles. The Bertz CT molecular complexity index is 455. The molecule has 0 spiro atoms. The maximum atomic E-state index is 12.7. The molecule has 3 nitrogen and oxygen atoms in total. The van der Waals surface area contributed by atoms with Crippen molar-refractivity contribution in [2.45, 2.75) is 51.5 Å². The largest absolute Gasteiger partial charge is 0.336 e. The van der Waals surface area contributed by atoms with Gasteiger partial charge < -0.3 is 10.2 Å². The summed E-state index contributed by atoms with van der Waals surface area (Å²) in [6.07, 6.45) is 7.08. The smallest absolute Gasteiger partial charge is 0.263 e. The average molecular weight is 292 g/mol. The van der Waals surface area contributed by atoms with E-state index in [0.717, 1.165) is 37.4 Å². The Balaban J connectivity index is 1.70. The number of rotatable bonds is 5. The monoisotopic (exact) mass is 292 g/mol. The molecule has 1 saturated heterocycles. The first-order valence-corrected chi connectivity index (χ1v) is 8.74. The number of nitrogens with zero attached hydrogens (tertiary/aromatic N) is 1. The quantitative estimate of drug-likeness (QED) is 0.905. The molecule has 1 N–H and O–H groups in total. The molecule has 2 aliphatic rings. The van der Waals surface area contributed by atoms with Crippen LogP contribution < -0.4 is 5.32 Å². The van der Waals surface area contributed by atoms with Gasteiger partial charge in [-0.25, -0.2) is 0 Å². The van der Waals surface area contributed by atoms with Crippen molar-refractivity contribution in [2.75, 3.05) is 19.6 Å². The molecular formula is C16H24N2OS. The van der Waals surface area contributed by atoms with Gasteiger partial charge in [0.1, 0.15) is 0 Å². The SMILES string of the molecule is CCCN(CC1CCCN1)C(=O)c1cc2c(s1)CCC2. The molecule has 1 unspecified atom stereocenters. The molecule has 1 aliphatic carbocycles. The van der Waals surface area contributed by atoms with Crippen molar-refractivity contribution in [1.29, 1.82) is 0 Å². The third-order valence-electron chi connectivity index (χ3n) is 4.34. The Kier molecular flexibility index (Phi) is 4.41. The highest BCUT2D eigenvalue weighted by molar-refractivity contribution is 7.14. The molecule has 2 heterocycles. The normalized spacial score (nSPS) is 21.1. The van der Waals surface area contributed by atoms with Crippen molar-refractivity contribution >= 4 is 17.2 Å². The molecule has 3 rings (SSSR count). The number of hydrogen-bond acceptors (Lipinski definition) is 3. The van der Waals surface area contributed by atoms with E-state index >= 15 is 0 Å². The predicted molar refractivity (Wildman–Crippen MR) is 83.6 cm³/mol. The van der Waals surface area contributed by atoms with Crippen molar-refractivity contribution in [2.24, 2.45) is 0 Å². The van der Waals surface area contributed by atoms with Crippen LogP contribution in [0.4, 0.5) is 0 Å². The Morgan fingerprint density at radius 2 is 2.35 bits per heavy atom. The van der Waals surface area contributed by atoms with Crippen LogP contribution in [-0.4, -0.2) is 36.5 Å². The van der Waals surface area contributed by atoms with E-state index in [4.69, 9.17) is 0 Å². The van der Waals surface area contributed by atoms with Crippen LogP contribution in [0.2, 0.25) is 0 Å². The molecule has 1 aliphatic heterocycles. The lowest BCUT2D eigenvalue weighted by Gasteiger charge is -2.25. The second-order valence-electron chi connectivity index (χ2n) is 5.96. The van der Waals surface area contributed by atoms with Gasteiger partial charge in [-0.15, -0.1) is 11.3 Å². The van der Waals surface area contributed by atoms with Gasteiger partial charge >= 0.3 is 0 Å². The fraction of sp³-hybridized carbons (Fsp3) is 0.688. The molecule has 0 bridgehead atoms. The maximum Gasteiger partial charge on any atom is 0.263 e. The van der Waals surface area contributed by atoms with Crippen molar-refractivity contribution in [1.82, 2.24) is 10.2 Å². The van der Waals surface area contributed by atoms with Gasteiger partial charge in [0, 0.05) is 24.0 Å². The minimum absolute atomic E-state index is 0.250. The third-order valence-corrected chi connectivity index (χ3v) is 5.57. The van der Waals surface area contributed by atoms with Crippen LogP contribution in [0.1, 0.15) is 52.7 Å². The molecule has 1 atom stereocenters. The fourth-order valence-electron chi connectivity index (χ4n) is 3.31. The minimum atomic E-state index is 0.250. The standard InChI is InChI=1S/C16H24N2OS/c1-2-9-18(11-13-6-4-8-17-13)16(19)15-10-12-5-3-7-14(12)20-15/h10,13,17H,2-9,11H2,1H3. The molecule has 110 valence electrons. The van der Waals surface area contributed by atoms with E-state index < -0.39 is 0 Å². The van der Waals surface area contributed by atoms with E-state index in [1.54, 1.807) is 11.3 Å². The number of fused-ring (bicyclic) bond motifs is 1. The summed E-state index contributed by atoms with van der Waals surface area (Å²) in [4.78, 5) is 17.2. The lowest BCUT2D eigenvalue weighted by Crippen LogP contribution is -2.41. The van der Waals surface area contributed by atoms with Crippen LogP contribution in [0.5, 0.6) is 0 Å². The zero-order chi connectivity index (χ0) is 13.9.